The maximum atomic E-state index is 11.5. The first-order valence-corrected chi connectivity index (χ1v) is 4.83. The van der Waals surface area contributed by atoms with Gasteiger partial charge >= 0.3 is 6.09 Å². The third-order valence-corrected chi connectivity index (χ3v) is 1.91. The van der Waals surface area contributed by atoms with Crippen LogP contribution in [-0.2, 0) is 14.3 Å². The van der Waals surface area contributed by atoms with Crippen molar-refractivity contribution < 1.29 is 19.1 Å². The Morgan fingerprint density at radius 1 is 1.27 bits per heavy atom. The summed E-state index contributed by atoms with van der Waals surface area (Å²) >= 11 is 0. The first-order chi connectivity index (χ1) is 6.79. The van der Waals surface area contributed by atoms with Crippen molar-refractivity contribution in [2.24, 2.45) is 0 Å². The third-order valence-electron chi connectivity index (χ3n) is 1.91. The van der Waals surface area contributed by atoms with Gasteiger partial charge in [-0.2, -0.15) is 0 Å². The predicted octanol–water partition coefficient (Wildman–Crippen LogP) is 0.765. The summed E-state index contributed by atoms with van der Waals surface area (Å²) in [5.74, 6) is -0.929. The third kappa shape index (κ3) is 3.34. The topological polar surface area (TPSA) is 63.7 Å². The number of amides is 1. The van der Waals surface area contributed by atoms with Crippen LogP contribution in [0.4, 0.5) is 4.79 Å². The van der Waals surface area contributed by atoms with Crippen molar-refractivity contribution in [3.63, 3.8) is 0 Å². The fraction of sp³-hybridized carbons (Fsp3) is 0.700. The number of piperidine rings is 1. The number of ketones is 2. The Hall–Kier alpha value is -1.39. The van der Waals surface area contributed by atoms with E-state index < -0.39 is 23.3 Å². The molecule has 1 rings (SSSR count). The number of hydrogen-bond acceptors (Lipinski definition) is 4. The normalized spacial score (nSPS) is 17.9. The Morgan fingerprint density at radius 3 is 2.33 bits per heavy atom. The first kappa shape index (κ1) is 11.7. The molecular weight excluding hydrogens is 198 g/mol. The second-order valence-corrected chi connectivity index (χ2v) is 4.50. The summed E-state index contributed by atoms with van der Waals surface area (Å²) in [5, 5.41) is 0. The zero-order valence-corrected chi connectivity index (χ0v) is 9.20. The predicted molar refractivity (Wildman–Crippen MR) is 52.4 cm³/mol. The molecule has 0 aromatic rings. The van der Waals surface area contributed by atoms with Crippen LogP contribution in [0.2, 0.25) is 0 Å². The highest BCUT2D eigenvalue weighted by atomic mass is 16.6. The summed E-state index contributed by atoms with van der Waals surface area (Å²) < 4.78 is 5.08. The van der Waals surface area contributed by atoms with Gasteiger partial charge < -0.3 is 4.74 Å². The first-order valence-electron chi connectivity index (χ1n) is 4.83. The fourth-order valence-corrected chi connectivity index (χ4v) is 1.20. The summed E-state index contributed by atoms with van der Waals surface area (Å²) in [4.78, 5) is 34.8. The van der Waals surface area contributed by atoms with Crippen LogP contribution in [0.5, 0.6) is 0 Å². The molecule has 84 valence electrons. The van der Waals surface area contributed by atoms with Gasteiger partial charge in [0.25, 0.3) is 0 Å². The summed E-state index contributed by atoms with van der Waals surface area (Å²) in [6.07, 6.45) is -0.443. The SMILES string of the molecule is CC(C)(C)OC(=O)N1CCC(=O)C(=O)C1. The van der Waals surface area contributed by atoms with Crippen LogP contribution in [-0.4, -0.2) is 41.3 Å². The maximum absolute atomic E-state index is 11.5. The van der Waals surface area contributed by atoms with E-state index in [-0.39, 0.29) is 19.5 Å². The molecule has 1 saturated heterocycles. The molecule has 1 amide bonds. The molecule has 1 aliphatic heterocycles. The van der Waals surface area contributed by atoms with E-state index in [1.807, 2.05) is 0 Å². The summed E-state index contributed by atoms with van der Waals surface area (Å²) in [7, 11) is 0. The molecule has 0 radical (unpaired) electrons. The molecule has 0 N–H and O–H groups in total. The largest absolute Gasteiger partial charge is 0.444 e. The van der Waals surface area contributed by atoms with Crippen molar-refractivity contribution in [3.05, 3.63) is 0 Å². The number of hydrogen-bond donors (Lipinski definition) is 0. The lowest BCUT2D eigenvalue weighted by molar-refractivity contribution is -0.139. The molecule has 1 heterocycles. The average Bonchev–Trinajstić information content (AvgIpc) is 2.06. The highest BCUT2D eigenvalue weighted by molar-refractivity contribution is 6.38. The highest BCUT2D eigenvalue weighted by Crippen LogP contribution is 2.12. The second-order valence-electron chi connectivity index (χ2n) is 4.50. The van der Waals surface area contributed by atoms with Gasteiger partial charge in [-0.3, -0.25) is 14.5 Å². The smallest absolute Gasteiger partial charge is 0.410 e. The van der Waals surface area contributed by atoms with Gasteiger partial charge in [-0.05, 0) is 20.8 Å². The number of nitrogens with zero attached hydrogens (tertiary/aromatic N) is 1. The number of carbonyl (C=O) groups is 3. The van der Waals surface area contributed by atoms with Gasteiger partial charge in [-0.1, -0.05) is 0 Å². The van der Waals surface area contributed by atoms with Crippen LogP contribution in [0.15, 0.2) is 0 Å². The van der Waals surface area contributed by atoms with Crippen molar-refractivity contribution in [1.82, 2.24) is 4.90 Å². The van der Waals surface area contributed by atoms with Crippen molar-refractivity contribution in [3.8, 4) is 0 Å². The van der Waals surface area contributed by atoms with E-state index in [9.17, 15) is 14.4 Å². The van der Waals surface area contributed by atoms with Gasteiger partial charge in [0.1, 0.15) is 5.60 Å². The standard InChI is InChI=1S/C10H15NO4/c1-10(2,3)15-9(14)11-5-4-7(12)8(13)6-11/h4-6H2,1-3H3. The molecule has 0 atom stereocenters. The van der Waals surface area contributed by atoms with E-state index in [4.69, 9.17) is 4.74 Å². The minimum Gasteiger partial charge on any atom is -0.444 e. The van der Waals surface area contributed by atoms with E-state index in [2.05, 4.69) is 0 Å². The van der Waals surface area contributed by atoms with Crippen LogP contribution in [0.3, 0.4) is 0 Å². The molecule has 0 aliphatic carbocycles. The number of carbonyl (C=O) groups excluding carboxylic acids is 3. The molecule has 5 heteroatoms. The Labute approximate surface area is 88.4 Å². The fourth-order valence-electron chi connectivity index (χ4n) is 1.20. The lowest BCUT2D eigenvalue weighted by atomic mass is 10.1. The van der Waals surface area contributed by atoms with Gasteiger partial charge in [0.05, 0.1) is 6.54 Å². The summed E-state index contributed by atoms with van der Waals surface area (Å²) in [6, 6.07) is 0. The van der Waals surface area contributed by atoms with Gasteiger partial charge in [0.15, 0.2) is 0 Å². The van der Waals surface area contributed by atoms with Crippen molar-refractivity contribution >= 4 is 17.7 Å². The lowest BCUT2D eigenvalue weighted by Crippen LogP contribution is -2.46. The minimum atomic E-state index is -0.582. The van der Waals surface area contributed by atoms with Gasteiger partial charge in [-0.15, -0.1) is 0 Å². The van der Waals surface area contributed by atoms with Crippen molar-refractivity contribution in [2.45, 2.75) is 32.8 Å². The van der Waals surface area contributed by atoms with E-state index >= 15 is 0 Å². The number of ether oxygens (including phenoxy) is 1. The van der Waals surface area contributed by atoms with Crippen molar-refractivity contribution in [1.29, 1.82) is 0 Å². The van der Waals surface area contributed by atoms with E-state index in [0.717, 1.165) is 0 Å². The Balaban J connectivity index is 2.55. The van der Waals surface area contributed by atoms with Crippen molar-refractivity contribution in [2.75, 3.05) is 13.1 Å². The maximum Gasteiger partial charge on any atom is 0.410 e. The average molecular weight is 213 g/mol. The van der Waals surface area contributed by atoms with Gasteiger partial charge in [0.2, 0.25) is 11.6 Å². The molecule has 0 saturated carbocycles. The molecule has 0 aromatic heterocycles. The Kier molecular flexibility index (Phi) is 3.12. The van der Waals surface area contributed by atoms with Crippen LogP contribution in [0.1, 0.15) is 27.2 Å². The molecule has 1 fully saturated rings. The molecule has 0 unspecified atom stereocenters. The molecular formula is C10H15NO4. The van der Waals surface area contributed by atoms with Gasteiger partial charge in [-0.25, -0.2) is 4.79 Å². The van der Waals surface area contributed by atoms with Gasteiger partial charge in [0, 0.05) is 13.0 Å². The zero-order chi connectivity index (χ0) is 11.6. The van der Waals surface area contributed by atoms with Crippen LogP contribution in [0.25, 0.3) is 0 Å². The minimum absolute atomic E-state index is 0.0953. The van der Waals surface area contributed by atoms with E-state index in [1.54, 1.807) is 20.8 Å². The zero-order valence-electron chi connectivity index (χ0n) is 9.20. The van der Waals surface area contributed by atoms with E-state index in [0.29, 0.717) is 0 Å². The molecule has 0 bridgehead atoms. The molecule has 0 spiro atoms. The number of rotatable bonds is 0. The molecule has 1 aliphatic rings. The molecule has 15 heavy (non-hydrogen) atoms. The second kappa shape index (κ2) is 4.00. The number of Topliss-reactive ketones (excluding diaryl/α,β-unsaturated/α-hetero) is 2. The molecule has 0 aromatic carbocycles. The highest BCUT2D eigenvalue weighted by Gasteiger charge is 2.30. The summed E-state index contributed by atoms with van der Waals surface area (Å²) in [5.41, 5.74) is -0.582. The van der Waals surface area contributed by atoms with Crippen LogP contribution in [0, 0.1) is 0 Å². The Morgan fingerprint density at radius 2 is 1.87 bits per heavy atom. The quantitative estimate of drug-likeness (QED) is 0.557. The van der Waals surface area contributed by atoms with E-state index in [1.165, 1.54) is 4.90 Å². The Bertz CT molecular complexity index is 303. The van der Waals surface area contributed by atoms with Crippen LogP contribution < -0.4 is 0 Å². The number of likely N-dealkylation sites (tertiary alicyclic amines) is 1. The lowest BCUT2D eigenvalue weighted by Gasteiger charge is -2.28. The molecule has 5 nitrogen and oxygen atoms in total. The summed E-state index contributed by atoms with van der Waals surface area (Å²) in [6.45, 7) is 5.36. The van der Waals surface area contributed by atoms with Crippen LogP contribution >= 0.6 is 0 Å². The monoisotopic (exact) mass is 213 g/mol.